The lowest BCUT2D eigenvalue weighted by Gasteiger charge is -2.08. The summed E-state index contributed by atoms with van der Waals surface area (Å²) >= 11 is 0. The Morgan fingerprint density at radius 3 is 2.39 bits per heavy atom. The van der Waals surface area contributed by atoms with Crippen molar-refractivity contribution in [3.8, 4) is 6.07 Å². The van der Waals surface area contributed by atoms with Crippen LogP contribution in [0.25, 0.3) is 0 Å². The van der Waals surface area contributed by atoms with Gasteiger partial charge in [-0.3, -0.25) is 0 Å². The number of nitriles is 1. The highest BCUT2D eigenvalue weighted by molar-refractivity contribution is 7.90. The van der Waals surface area contributed by atoms with Crippen molar-refractivity contribution in [1.82, 2.24) is 4.72 Å². The first-order valence-corrected chi connectivity index (χ1v) is 6.73. The molecule has 1 unspecified atom stereocenters. The molecule has 0 amide bonds. The quantitative estimate of drug-likeness (QED) is 0.880. The molecule has 0 fully saturated rings. The highest BCUT2D eigenvalue weighted by Gasteiger charge is 2.18. The van der Waals surface area contributed by atoms with Crippen LogP contribution in [0.3, 0.4) is 0 Å². The number of hydrogen-bond donors (Lipinski definition) is 1. The Balaban J connectivity index is 2.60. The van der Waals surface area contributed by atoms with Gasteiger partial charge in [-0.25, -0.2) is 21.9 Å². The third kappa shape index (κ3) is 4.05. The first-order chi connectivity index (χ1) is 8.35. The minimum Gasteiger partial charge on any atom is -0.214 e. The van der Waals surface area contributed by atoms with Crippen LogP contribution in [0.15, 0.2) is 18.2 Å². The van der Waals surface area contributed by atoms with E-state index < -0.39 is 26.9 Å². The second kappa shape index (κ2) is 5.89. The average Bonchev–Trinajstić information content (AvgIpc) is 2.26. The summed E-state index contributed by atoms with van der Waals surface area (Å²) in [6, 6.07) is 4.60. The Morgan fingerprint density at radius 1 is 1.33 bits per heavy atom. The molecule has 0 aromatic heterocycles. The first kappa shape index (κ1) is 14.5. The van der Waals surface area contributed by atoms with E-state index in [1.54, 1.807) is 6.07 Å². The maximum Gasteiger partial charge on any atom is 0.227 e. The Bertz CT molecular complexity index is 547. The zero-order valence-electron chi connectivity index (χ0n) is 9.65. The summed E-state index contributed by atoms with van der Waals surface area (Å²) in [5.74, 6) is -1.42. The lowest BCUT2D eigenvalue weighted by molar-refractivity contribution is 0.574. The van der Waals surface area contributed by atoms with E-state index in [0.29, 0.717) is 5.56 Å². The van der Waals surface area contributed by atoms with Crippen LogP contribution in [0.2, 0.25) is 0 Å². The lowest BCUT2D eigenvalue weighted by Crippen LogP contribution is -2.33. The van der Waals surface area contributed by atoms with Gasteiger partial charge in [0.25, 0.3) is 0 Å². The van der Waals surface area contributed by atoms with E-state index in [-0.39, 0.29) is 13.0 Å². The fraction of sp³-hybridized carbons (Fsp3) is 0.364. The number of nitrogens with one attached hydrogen (secondary N) is 1. The molecule has 0 spiro atoms. The molecule has 18 heavy (non-hydrogen) atoms. The van der Waals surface area contributed by atoms with Crippen molar-refractivity contribution in [3.63, 3.8) is 0 Å². The van der Waals surface area contributed by atoms with E-state index in [4.69, 9.17) is 5.26 Å². The molecule has 1 atom stereocenters. The zero-order valence-corrected chi connectivity index (χ0v) is 10.5. The summed E-state index contributed by atoms with van der Waals surface area (Å²) in [6.45, 7) is 1.24. The SMILES string of the molecule is CC(C#N)S(=O)(=O)NCCc1cc(F)cc(F)c1. The number of nitrogens with zero attached hydrogens (tertiary/aromatic N) is 1. The van der Waals surface area contributed by atoms with Crippen molar-refractivity contribution in [3.05, 3.63) is 35.4 Å². The Kier molecular flexibility index (Phi) is 4.76. The van der Waals surface area contributed by atoms with E-state index >= 15 is 0 Å². The van der Waals surface area contributed by atoms with Crippen molar-refractivity contribution in [1.29, 1.82) is 5.26 Å². The van der Waals surface area contributed by atoms with Gasteiger partial charge in [-0.1, -0.05) is 0 Å². The minimum atomic E-state index is -3.70. The van der Waals surface area contributed by atoms with Gasteiger partial charge < -0.3 is 0 Å². The molecule has 1 aromatic carbocycles. The highest BCUT2D eigenvalue weighted by Crippen LogP contribution is 2.08. The Morgan fingerprint density at radius 2 is 1.89 bits per heavy atom. The zero-order chi connectivity index (χ0) is 13.8. The van der Waals surface area contributed by atoms with Crippen LogP contribution in [0, 0.1) is 23.0 Å². The van der Waals surface area contributed by atoms with E-state index in [1.807, 2.05) is 0 Å². The maximum atomic E-state index is 12.9. The van der Waals surface area contributed by atoms with Crippen LogP contribution in [-0.4, -0.2) is 20.2 Å². The van der Waals surface area contributed by atoms with Crippen molar-refractivity contribution in [2.75, 3.05) is 6.54 Å². The molecule has 0 aliphatic carbocycles. The third-order valence-electron chi connectivity index (χ3n) is 2.29. The molecule has 0 saturated heterocycles. The molecule has 1 rings (SSSR count). The summed E-state index contributed by atoms with van der Waals surface area (Å²) in [5, 5.41) is 7.33. The van der Waals surface area contributed by atoms with Gasteiger partial charge in [0.1, 0.15) is 11.6 Å². The van der Waals surface area contributed by atoms with E-state index in [2.05, 4.69) is 4.72 Å². The van der Waals surface area contributed by atoms with Crippen molar-refractivity contribution in [2.24, 2.45) is 0 Å². The molecule has 1 aromatic rings. The lowest BCUT2D eigenvalue weighted by atomic mass is 10.1. The number of hydrogen-bond acceptors (Lipinski definition) is 3. The first-order valence-electron chi connectivity index (χ1n) is 5.18. The molecule has 98 valence electrons. The smallest absolute Gasteiger partial charge is 0.214 e. The number of halogens is 2. The molecule has 4 nitrogen and oxygen atoms in total. The van der Waals surface area contributed by atoms with Crippen LogP contribution in [0.1, 0.15) is 12.5 Å². The molecular formula is C11H12F2N2O2S. The normalized spacial score (nSPS) is 13.0. The molecule has 0 saturated carbocycles. The predicted octanol–water partition coefficient (Wildman–Crippen LogP) is 1.34. The van der Waals surface area contributed by atoms with Gasteiger partial charge in [0, 0.05) is 12.6 Å². The summed E-state index contributed by atoms with van der Waals surface area (Å²) in [4.78, 5) is 0. The van der Waals surface area contributed by atoms with Crippen molar-refractivity contribution < 1.29 is 17.2 Å². The van der Waals surface area contributed by atoms with Gasteiger partial charge in [-0.05, 0) is 31.0 Å². The topological polar surface area (TPSA) is 70.0 Å². The highest BCUT2D eigenvalue weighted by atomic mass is 32.2. The van der Waals surface area contributed by atoms with Gasteiger partial charge in [0.15, 0.2) is 5.25 Å². The Hall–Kier alpha value is -1.52. The molecule has 7 heteroatoms. The van der Waals surface area contributed by atoms with Crippen LogP contribution < -0.4 is 4.72 Å². The fourth-order valence-corrected chi connectivity index (χ4v) is 2.06. The summed E-state index contributed by atoms with van der Waals surface area (Å²) < 4.78 is 50.7. The van der Waals surface area contributed by atoms with Gasteiger partial charge >= 0.3 is 0 Å². The van der Waals surface area contributed by atoms with Gasteiger partial charge in [0.2, 0.25) is 10.0 Å². The Labute approximate surface area is 104 Å². The van der Waals surface area contributed by atoms with Crippen molar-refractivity contribution >= 4 is 10.0 Å². The molecular weight excluding hydrogens is 262 g/mol. The summed E-state index contributed by atoms with van der Waals surface area (Å²) in [5.41, 5.74) is 0.347. The van der Waals surface area contributed by atoms with Crippen LogP contribution in [0.5, 0.6) is 0 Å². The molecule has 0 aliphatic rings. The largest absolute Gasteiger partial charge is 0.227 e. The van der Waals surface area contributed by atoms with E-state index in [1.165, 1.54) is 6.92 Å². The average molecular weight is 274 g/mol. The monoisotopic (exact) mass is 274 g/mol. The van der Waals surface area contributed by atoms with Crippen LogP contribution in [-0.2, 0) is 16.4 Å². The minimum absolute atomic E-state index is 0.0166. The van der Waals surface area contributed by atoms with Crippen molar-refractivity contribution in [2.45, 2.75) is 18.6 Å². The van der Waals surface area contributed by atoms with Crippen LogP contribution >= 0.6 is 0 Å². The summed E-state index contributed by atoms with van der Waals surface area (Å²) in [7, 11) is -3.70. The molecule has 0 bridgehead atoms. The standard InChI is InChI=1S/C11H12F2N2O2S/c1-8(7-14)18(16,17)15-3-2-9-4-10(12)6-11(13)5-9/h4-6,8,15H,2-3H2,1H3. The molecule has 0 radical (unpaired) electrons. The summed E-state index contributed by atoms with van der Waals surface area (Å²) in [6.07, 6.45) is 0.145. The number of sulfonamides is 1. The van der Waals surface area contributed by atoms with E-state index in [0.717, 1.165) is 18.2 Å². The number of rotatable bonds is 5. The van der Waals surface area contributed by atoms with Gasteiger partial charge in [-0.15, -0.1) is 0 Å². The second-order valence-electron chi connectivity index (χ2n) is 3.74. The molecule has 0 aliphatic heterocycles. The third-order valence-corrected chi connectivity index (χ3v) is 3.93. The fourth-order valence-electron chi connectivity index (χ4n) is 1.29. The molecule has 1 N–H and O–H groups in total. The van der Waals surface area contributed by atoms with E-state index in [9.17, 15) is 17.2 Å². The van der Waals surface area contributed by atoms with Gasteiger partial charge in [0.05, 0.1) is 6.07 Å². The maximum absolute atomic E-state index is 12.9. The van der Waals surface area contributed by atoms with Gasteiger partial charge in [-0.2, -0.15) is 5.26 Å². The number of benzene rings is 1. The molecule has 0 heterocycles. The second-order valence-corrected chi connectivity index (χ2v) is 5.82. The van der Waals surface area contributed by atoms with Crippen LogP contribution in [0.4, 0.5) is 8.78 Å². The predicted molar refractivity (Wildman–Crippen MR) is 62.1 cm³/mol.